The van der Waals surface area contributed by atoms with Gasteiger partial charge in [-0.05, 0) is 30.0 Å². The van der Waals surface area contributed by atoms with E-state index in [-0.39, 0.29) is 5.91 Å². The molecule has 0 spiro atoms. The van der Waals surface area contributed by atoms with E-state index in [1.165, 1.54) is 12.8 Å². The molecule has 1 saturated carbocycles. The normalized spacial score (nSPS) is 13.7. The molecule has 152 valence electrons. The zero-order valence-electron chi connectivity index (χ0n) is 16.9. The number of hydrogen-bond acceptors (Lipinski definition) is 3. The highest BCUT2D eigenvalue weighted by Crippen LogP contribution is 2.39. The maximum Gasteiger partial charge on any atom is 0.229 e. The SMILES string of the molecule is O=C(Cc1ccc(-c2cccc3c2oc2ccccc23)cc1)Nc1cc(C2CC2)[nH]n1. The highest BCUT2D eigenvalue weighted by atomic mass is 16.3. The van der Waals surface area contributed by atoms with Crippen molar-refractivity contribution in [2.75, 3.05) is 5.32 Å². The number of carbonyl (C=O) groups excluding carboxylic acids is 1. The molecule has 0 radical (unpaired) electrons. The lowest BCUT2D eigenvalue weighted by atomic mass is 10.0. The molecule has 0 atom stereocenters. The summed E-state index contributed by atoms with van der Waals surface area (Å²) >= 11 is 0. The minimum Gasteiger partial charge on any atom is -0.455 e. The molecule has 0 bridgehead atoms. The van der Waals surface area contributed by atoms with Gasteiger partial charge in [-0.1, -0.05) is 60.7 Å². The minimum atomic E-state index is -0.0685. The van der Waals surface area contributed by atoms with Crippen LogP contribution in [0.15, 0.2) is 77.2 Å². The summed E-state index contributed by atoms with van der Waals surface area (Å²) in [5.74, 6) is 1.11. The number of carbonyl (C=O) groups is 1. The second-order valence-corrected chi connectivity index (χ2v) is 8.19. The first-order valence-electron chi connectivity index (χ1n) is 10.6. The predicted octanol–water partition coefficient (Wildman–Crippen LogP) is 6.03. The van der Waals surface area contributed by atoms with Crippen molar-refractivity contribution in [1.29, 1.82) is 0 Å². The van der Waals surface area contributed by atoms with E-state index in [0.29, 0.717) is 18.2 Å². The molecule has 0 saturated heterocycles. The fraction of sp³-hybridized carbons (Fsp3) is 0.154. The first kappa shape index (κ1) is 18.0. The Morgan fingerprint density at radius 1 is 1.00 bits per heavy atom. The maximum atomic E-state index is 12.4. The van der Waals surface area contributed by atoms with Crippen LogP contribution in [-0.4, -0.2) is 16.1 Å². The van der Waals surface area contributed by atoms with Gasteiger partial charge in [0, 0.05) is 34.0 Å². The molecule has 1 aliphatic carbocycles. The molecule has 3 aromatic carbocycles. The van der Waals surface area contributed by atoms with Crippen molar-refractivity contribution in [3.8, 4) is 11.1 Å². The molecule has 5 nitrogen and oxygen atoms in total. The Morgan fingerprint density at radius 3 is 2.65 bits per heavy atom. The Hall–Kier alpha value is -3.86. The molecule has 1 amide bonds. The number of H-pyrrole nitrogens is 1. The second-order valence-electron chi connectivity index (χ2n) is 8.19. The van der Waals surface area contributed by atoms with Crippen molar-refractivity contribution in [2.45, 2.75) is 25.2 Å². The molecule has 1 aliphatic rings. The molecular formula is C26H21N3O2. The Balaban J connectivity index is 1.22. The van der Waals surface area contributed by atoms with Crippen LogP contribution in [-0.2, 0) is 11.2 Å². The van der Waals surface area contributed by atoms with Gasteiger partial charge in [0.1, 0.15) is 11.2 Å². The molecule has 31 heavy (non-hydrogen) atoms. The first-order valence-corrected chi connectivity index (χ1v) is 10.6. The Labute approximate surface area is 179 Å². The molecule has 1 fully saturated rings. The molecular weight excluding hydrogens is 386 g/mol. The van der Waals surface area contributed by atoms with Gasteiger partial charge in [0.15, 0.2) is 5.82 Å². The molecule has 0 unspecified atom stereocenters. The first-order chi connectivity index (χ1) is 15.2. The summed E-state index contributed by atoms with van der Waals surface area (Å²) in [4.78, 5) is 12.4. The van der Waals surface area contributed by atoms with E-state index in [9.17, 15) is 4.79 Å². The number of anilines is 1. The fourth-order valence-electron chi connectivity index (χ4n) is 4.15. The van der Waals surface area contributed by atoms with Crippen LogP contribution in [0.2, 0.25) is 0 Å². The lowest BCUT2D eigenvalue weighted by Gasteiger charge is -2.06. The van der Waals surface area contributed by atoms with E-state index in [2.05, 4.69) is 39.8 Å². The fourth-order valence-corrected chi connectivity index (χ4v) is 4.15. The van der Waals surface area contributed by atoms with Crippen LogP contribution in [0.3, 0.4) is 0 Å². The van der Waals surface area contributed by atoms with Crippen molar-refractivity contribution in [3.63, 3.8) is 0 Å². The minimum absolute atomic E-state index is 0.0685. The number of benzene rings is 3. The van der Waals surface area contributed by atoms with E-state index in [1.807, 2.05) is 48.5 Å². The van der Waals surface area contributed by atoms with Gasteiger partial charge >= 0.3 is 0 Å². The number of fused-ring (bicyclic) bond motifs is 3. The molecule has 2 N–H and O–H groups in total. The van der Waals surface area contributed by atoms with Crippen LogP contribution in [0.5, 0.6) is 0 Å². The molecule has 6 rings (SSSR count). The van der Waals surface area contributed by atoms with Gasteiger partial charge in [0.2, 0.25) is 5.91 Å². The van der Waals surface area contributed by atoms with Crippen molar-refractivity contribution >= 4 is 33.7 Å². The van der Waals surface area contributed by atoms with E-state index in [0.717, 1.165) is 44.3 Å². The Morgan fingerprint density at radius 2 is 1.81 bits per heavy atom. The average Bonchev–Trinajstić information content (AvgIpc) is 3.42. The molecule has 5 heteroatoms. The molecule has 5 aromatic rings. The van der Waals surface area contributed by atoms with E-state index >= 15 is 0 Å². The summed E-state index contributed by atoms with van der Waals surface area (Å²) in [6.07, 6.45) is 2.70. The van der Waals surface area contributed by atoms with Crippen LogP contribution in [0.25, 0.3) is 33.1 Å². The average molecular weight is 407 g/mol. The molecule has 2 aromatic heterocycles. The third-order valence-corrected chi connectivity index (χ3v) is 5.92. The van der Waals surface area contributed by atoms with Crippen molar-refractivity contribution in [2.24, 2.45) is 0 Å². The van der Waals surface area contributed by atoms with E-state index in [1.54, 1.807) is 0 Å². The lowest BCUT2D eigenvalue weighted by molar-refractivity contribution is -0.115. The van der Waals surface area contributed by atoms with Gasteiger partial charge in [0.25, 0.3) is 0 Å². The number of rotatable bonds is 5. The number of hydrogen-bond donors (Lipinski definition) is 2. The summed E-state index contributed by atoms with van der Waals surface area (Å²) in [7, 11) is 0. The summed E-state index contributed by atoms with van der Waals surface area (Å²) in [5, 5.41) is 12.3. The number of furan rings is 1. The number of amides is 1. The van der Waals surface area contributed by atoms with Crippen LogP contribution in [0.1, 0.15) is 30.0 Å². The highest BCUT2D eigenvalue weighted by Gasteiger charge is 2.25. The largest absolute Gasteiger partial charge is 0.455 e. The monoisotopic (exact) mass is 407 g/mol. The van der Waals surface area contributed by atoms with Gasteiger partial charge in [-0.25, -0.2) is 0 Å². The second kappa shape index (κ2) is 7.13. The summed E-state index contributed by atoms with van der Waals surface area (Å²) in [5.41, 5.74) is 5.96. The number of nitrogens with zero attached hydrogens (tertiary/aromatic N) is 1. The molecule has 0 aliphatic heterocycles. The number of aromatic nitrogens is 2. The number of para-hydroxylation sites is 2. The van der Waals surface area contributed by atoms with Crippen LogP contribution in [0, 0.1) is 0 Å². The van der Waals surface area contributed by atoms with Gasteiger partial charge in [-0.2, -0.15) is 5.10 Å². The van der Waals surface area contributed by atoms with Crippen molar-refractivity contribution < 1.29 is 9.21 Å². The molecule has 2 heterocycles. The smallest absolute Gasteiger partial charge is 0.229 e. The third-order valence-electron chi connectivity index (χ3n) is 5.92. The highest BCUT2D eigenvalue weighted by molar-refractivity contribution is 6.09. The van der Waals surface area contributed by atoms with Crippen LogP contribution < -0.4 is 5.32 Å². The summed E-state index contributed by atoms with van der Waals surface area (Å²) in [6.45, 7) is 0. The van der Waals surface area contributed by atoms with Gasteiger partial charge in [0.05, 0.1) is 6.42 Å². The van der Waals surface area contributed by atoms with Crippen LogP contribution in [0.4, 0.5) is 5.82 Å². The maximum absolute atomic E-state index is 12.4. The summed E-state index contributed by atoms with van der Waals surface area (Å²) < 4.78 is 6.15. The van der Waals surface area contributed by atoms with E-state index in [4.69, 9.17) is 4.42 Å². The third kappa shape index (κ3) is 3.38. The van der Waals surface area contributed by atoms with Gasteiger partial charge in [-0.3, -0.25) is 9.89 Å². The Kier molecular flexibility index (Phi) is 4.13. The summed E-state index contributed by atoms with van der Waals surface area (Å²) in [6, 6.07) is 24.3. The van der Waals surface area contributed by atoms with Gasteiger partial charge in [-0.15, -0.1) is 0 Å². The quantitative estimate of drug-likeness (QED) is 0.373. The Bertz CT molecular complexity index is 1410. The van der Waals surface area contributed by atoms with Crippen molar-refractivity contribution in [1.82, 2.24) is 10.2 Å². The number of aromatic amines is 1. The topological polar surface area (TPSA) is 70.9 Å². The predicted molar refractivity (Wildman–Crippen MR) is 122 cm³/mol. The van der Waals surface area contributed by atoms with Crippen LogP contribution >= 0.6 is 0 Å². The van der Waals surface area contributed by atoms with Gasteiger partial charge < -0.3 is 9.73 Å². The van der Waals surface area contributed by atoms with E-state index < -0.39 is 0 Å². The zero-order chi connectivity index (χ0) is 20.8. The zero-order valence-corrected chi connectivity index (χ0v) is 16.9. The van der Waals surface area contributed by atoms with Crippen molar-refractivity contribution in [3.05, 3.63) is 84.1 Å². The standard InChI is InChI=1S/C26H21N3O2/c30-25(27-24-15-22(28-29-24)18-12-13-18)14-16-8-10-17(11-9-16)19-5-3-6-21-20-4-1-2-7-23(20)31-26(19)21/h1-11,15,18H,12-14H2,(H2,27,28,29,30). The number of nitrogens with one attached hydrogen (secondary N) is 2. The lowest BCUT2D eigenvalue weighted by Crippen LogP contribution is -2.14.